The molecule has 1 aliphatic rings. The van der Waals surface area contributed by atoms with Crippen LogP contribution in [0.4, 0.5) is 0 Å². The van der Waals surface area contributed by atoms with Crippen LogP contribution in [0.1, 0.15) is 30.1 Å². The van der Waals surface area contributed by atoms with Crippen LogP contribution in [0.2, 0.25) is 0 Å². The number of pyridine rings is 1. The van der Waals surface area contributed by atoms with Crippen LogP contribution in [0.5, 0.6) is 0 Å². The molecule has 0 saturated carbocycles. The smallest absolute Gasteiger partial charge is 0.254 e. The van der Waals surface area contributed by atoms with Crippen molar-refractivity contribution in [2.45, 2.75) is 25.8 Å². The first kappa shape index (κ1) is 13.8. The van der Waals surface area contributed by atoms with E-state index in [0.717, 1.165) is 32.5 Å². The third-order valence-electron chi connectivity index (χ3n) is 3.55. The SMILES string of the molecule is CCCN(C(=O)c1ccn(C)c(=O)c1)C1CCNC1. The molecule has 1 unspecified atom stereocenters. The minimum absolute atomic E-state index is 0.0340. The first-order chi connectivity index (χ1) is 9.13. The van der Waals surface area contributed by atoms with Gasteiger partial charge in [0.15, 0.2) is 0 Å². The van der Waals surface area contributed by atoms with Crippen molar-refractivity contribution in [3.63, 3.8) is 0 Å². The summed E-state index contributed by atoms with van der Waals surface area (Å²) in [6.45, 7) is 4.60. The topological polar surface area (TPSA) is 54.3 Å². The highest BCUT2D eigenvalue weighted by atomic mass is 16.2. The molecule has 1 amide bonds. The molecule has 1 aromatic rings. The van der Waals surface area contributed by atoms with Gasteiger partial charge in [-0.15, -0.1) is 0 Å². The second-order valence-electron chi connectivity index (χ2n) is 5.01. The fourth-order valence-corrected chi connectivity index (χ4v) is 2.44. The molecular weight excluding hydrogens is 242 g/mol. The summed E-state index contributed by atoms with van der Waals surface area (Å²) < 4.78 is 1.47. The van der Waals surface area contributed by atoms with Gasteiger partial charge in [-0.3, -0.25) is 9.59 Å². The molecular formula is C14H21N3O2. The monoisotopic (exact) mass is 263 g/mol. The van der Waals surface area contributed by atoms with Crippen LogP contribution in [0, 0.1) is 0 Å². The molecule has 1 aromatic heterocycles. The number of nitrogens with one attached hydrogen (secondary N) is 1. The van der Waals surface area contributed by atoms with E-state index in [9.17, 15) is 9.59 Å². The van der Waals surface area contributed by atoms with Crippen molar-refractivity contribution in [2.24, 2.45) is 7.05 Å². The molecule has 0 aliphatic carbocycles. The largest absolute Gasteiger partial charge is 0.334 e. The van der Waals surface area contributed by atoms with Crippen LogP contribution < -0.4 is 10.9 Å². The van der Waals surface area contributed by atoms with Crippen molar-refractivity contribution in [1.29, 1.82) is 0 Å². The van der Waals surface area contributed by atoms with E-state index in [0.29, 0.717) is 5.56 Å². The van der Waals surface area contributed by atoms with Crippen LogP contribution in [-0.2, 0) is 7.05 Å². The van der Waals surface area contributed by atoms with Gasteiger partial charge in [0, 0.05) is 44.0 Å². The van der Waals surface area contributed by atoms with E-state index in [1.807, 2.05) is 4.90 Å². The van der Waals surface area contributed by atoms with Gasteiger partial charge in [0.2, 0.25) is 0 Å². The number of carbonyl (C=O) groups is 1. The van der Waals surface area contributed by atoms with Gasteiger partial charge in [0.25, 0.3) is 11.5 Å². The first-order valence-corrected chi connectivity index (χ1v) is 6.82. The molecule has 0 spiro atoms. The lowest BCUT2D eigenvalue weighted by Crippen LogP contribution is -2.42. The standard InChI is InChI=1S/C14H21N3O2/c1-3-7-17(12-4-6-15-10-12)14(19)11-5-8-16(2)13(18)9-11/h5,8-9,12,15H,3-4,6-7,10H2,1-2H3. The van der Waals surface area contributed by atoms with Crippen LogP contribution >= 0.6 is 0 Å². The molecule has 5 nitrogen and oxygen atoms in total. The highest BCUT2D eigenvalue weighted by Crippen LogP contribution is 2.13. The Balaban J connectivity index is 2.22. The summed E-state index contributed by atoms with van der Waals surface area (Å²) in [5, 5.41) is 3.28. The summed E-state index contributed by atoms with van der Waals surface area (Å²) in [6, 6.07) is 3.39. The average Bonchev–Trinajstić information content (AvgIpc) is 2.92. The van der Waals surface area contributed by atoms with Crippen LogP contribution in [0.3, 0.4) is 0 Å². The third kappa shape index (κ3) is 3.04. The van der Waals surface area contributed by atoms with E-state index in [4.69, 9.17) is 0 Å². The minimum Gasteiger partial charge on any atom is -0.334 e. The third-order valence-corrected chi connectivity index (χ3v) is 3.55. The molecule has 104 valence electrons. The summed E-state index contributed by atoms with van der Waals surface area (Å²) >= 11 is 0. The van der Waals surface area contributed by atoms with E-state index in [1.165, 1.54) is 10.6 Å². The summed E-state index contributed by atoms with van der Waals surface area (Å²) in [5.74, 6) is -0.0340. The van der Waals surface area contributed by atoms with Gasteiger partial charge >= 0.3 is 0 Å². The lowest BCUT2D eigenvalue weighted by molar-refractivity contribution is 0.0692. The number of hydrogen-bond donors (Lipinski definition) is 1. The lowest BCUT2D eigenvalue weighted by Gasteiger charge is -2.28. The van der Waals surface area contributed by atoms with Crippen LogP contribution in [0.25, 0.3) is 0 Å². The molecule has 1 atom stereocenters. The molecule has 5 heteroatoms. The minimum atomic E-state index is -0.146. The zero-order valence-electron chi connectivity index (χ0n) is 11.6. The molecule has 19 heavy (non-hydrogen) atoms. The maximum Gasteiger partial charge on any atom is 0.254 e. The maximum absolute atomic E-state index is 12.5. The molecule has 1 saturated heterocycles. The first-order valence-electron chi connectivity index (χ1n) is 6.82. The van der Waals surface area contributed by atoms with Crippen molar-refractivity contribution in [1.82, 2.24) is 14.8 Å². The van der Waals surface area contributed by atoms with Crippen molar-refractivity contribution >= 4 is 5.91 Å². The van der Waals surface area contributed by atoms with E-state index < -0.39 is 0 Å². The van der Waals surface area contributed by atoms with Gasteiger partial charge in [-0.2, -0.15) is 0 Å². The van der Waals surface area contributed by atoms with Gasteiger partial charge in [-0.1, -0.05) is 6.92 Å². The average molecular weight is 263 g/mol. The fourth-order valence-electron chi connectivity index (χ4n) is 2.44. The molecule has 1 fully saturated rings. The van der Waals surface area contributed by atoms with Crippen molar-refractivity contribution in [3.8, 4) is 0 Å². The van der Waals surface area contributed by atoms with Gasteiger partial charge in [0.05, 0.1) is 0 Å². The number of nitrogens with zero attached hydrogens (tertiary/aromatic N) is 2. The summed E-state index contributed by atoms with van der Waals surface area (Å²) in [4.78, 5) is 26.1. The Hall–Kier alpha value is -1.62. The van der Waals surface area contributed by atoms with E-state index in [-0.39, 0.29) is 17.5 Å². The van der Waals surface area contributed by atoms with E-state index in [1.54, 1.807) is 19.3 Å². The number of aromatic nitrogens is 1. The number of hydrogen-bond acceptors (Lipinski definition) is 3. The normalized spacial score (nSPS) is 18.5. The molecule has 2 rings (SSSR count). The quantitative estimate of drug-likeness (QED) is 0.865. The lowest BCUT2D eigenvalue weighted by atomic mass is 10.1. The highest BCUT2D eigenvalue weighted by Gasteiger charge is 2.26. The predicted octanol–water partition coefficient (Wildman–Crippen LogP) is 0.599. The van der Waals surface area contributed by atoms with Gasteiger partial charge in [-0.05, 0) is 25.5 Å². The van der Waals surface area contributed by atoms with Gasteiger partial charge in [-0.25, -0.2) is 0 Å². The van der Waals surface area contributed by atoms with E-state index >= 15 is 0 Å². The molecule has 2 heterocycles. The number of amides is 1. The Morgan fingerprint density at radius 3 is 2.95 bits per heavy atom. The molecule has 1 N–H and O–H groups in total. The van der Waals surface area contributed by atoms with Gasteiger partial charge in [0.1, 0.15) is 0 Å². The zero-order valence-corrected chi connectivity index (χ0v) is 11.6. The molecule has 1 aliphatic heterocycles. The van der Waals surface area contributed by atoms with E-state index in [2.05, 4.69) is 12.2 Å². The summed E-state index contributed by atoms with van der Waals surface area (Å²) in [6.07, 6.45) is 3.55. The number of rotatable bonds is 4. The van der Waals surface area contributed by atoms with Crippen molar-refractivity contribution in [2.75, 3.05) is 19.6 Å². The fraction of sp³-hybridized carbons (Fsp3) is 0.571. The molecule has 0 aromatic carbocycles. The summed E-state index contributed by atoms with van der Waals surface area (Å²) in [5.41, 5.74) is 0.343. The second kappa shape index (κ2) is 6.02. The molecule has 0 radical (unpaired) electrons. The maximum atomic E-state index is 12.5. The Labute approximate surface area is 113 Å². The predicted molar refractivity (Wildman–Crippen MR) is 74.3 cm³/mol. The Morgan fingerprint density at radius 2 is 2.37 bits per heavy atom. The Morgan fingerprint density at radius 1 is 1.58 bits per heavy atom. The van der Waals surface area contributed by atoms with Crippen molar-refractivity contribution < 1.29 is 4.79 Å². The highest BCUT2D eigenvalue weighted by molar-refractivity contribution is 5.94. The Bertz CT molecular complexity index is 504. The van der Waals surface area contributed by atoms with Gasteiger partial charge < -0.3 is 14.8 Å². The summed E-state index contributed by atoms with van der Waals surface area (Å²) in [7, 11) is 1.68. The molecule has 0 bridgehead atoms. The van der Waals surface area contributed by atoms with Crippen LogP contribution in [0.15, 0.2) is 23.1 Å². The van der Waals surface area contributed by atoms with Crippen LogP contribution in [-0.4, -0.2) is 41.1 Å². The number of aryl methyl sites for hydroxylation is 1. The zero-order chi connectivity index (χ0) is 13.8. The Kier molecular flexibility index (Phi) is 4.37. The second-order valence-corrected chi connectivity index (χ2v) is 5.01. The van der Waals surface area contributed by atoms with Crippen molar-refractivity contribution in [3.05, 3.63) is 34.2 Å². The number of carbonyl (C=O) groups excluding carboxylic acids is 1.